The average molecular weight is 253 g/mol. The Balaban J connectivity index is 1.96. The fraction of sp³-hybridized carbons (Fsp3) is 0.375. The molecule has 0 radical (unpaired) electrons. The molecule has 3 nitrogen and oxygen atoms in total. The van der Waals surface area contributed by atoms with E-state index in [0.717, 1.165) is 5.69 Å². The largest absolute Gasteiger partial charge is 0.329 e. The van der Waals surface area contributed by atoms with Crippen LogP contribution in [0.1, 0.15) is 41.1 Å². The third-order valence-electron chi connectivity index (χ3n) is 3.96. The first-order valence-corrected chi connectivity index (χ1v) is 6.98. The molecule has 0 bridgehead atoms. The molecule has 1 aliphatic rings. The van der Waals surface area contributed by atoms with Crippen LogP contribution < -0.4 is 5.73 Å². The smallest absolute Gasteiger partial charge is 0.0718 e. The van der Waals surface area contributed by atoms with Crippen molar-refractivity contribution in [2.45, 2.75) is 31.6 Å². The molecule has 98 valence electrons. The van der Waals surface area contributed by atoms with Crippen LogP contribution >= 0.6 is 0 Å². The van der Waals surface area contributed by atoms with Gasteiger partial charge in [-0.3, -0.25) is 0 Å². The Kier molecular flexibility index (Phi) is 3.56. The Hall–Kier alpha value is -1.74. The predicted octanol–water partition coefficient (Wildman–Crippen LogP) is 2.45. The topological polar surface area (TPSA) is 51.8 Å². The second kappa shape index (κ2) is 5.49. The van der Waals surface area contributed by atoms with Crippen molar-refractivity contribution in [2.24, 2.45) is 5.73 Å². The number of hydrogen-bond acceptors (Lipinski definition) is 3. The summed E-state index contributed by atoms with van der Waals surface area (Å²) in [7, 11) is 0. The lowest BCUT2D eigenvalue weighted by Crippen LogP contribution is -2.16. The first kappa shape index (κ1) is 12.3. The summed E-state index contributed by atoms with van der Waals surface area (Å²) in [6.45, 7) is 0.567. The van der Waals surface area contributed by atoms with Crippen LogP contribution in [0.15, 0.2) is 36.5 Å². The standard InChI is InChI=1S/C16H19N3/c17-11-15(16-6-3-9-18-19-16)14-8-7-12-4-1-2-5-13(12)10-14/h3,6-10,15H,1-2,4-5,11,17H2. The fourth-order valence-electron chi connectivity index (χ4n) is 2.90. The van der Waals surface area contributed by atoms with Crippen LogP contribution in [0.5, 0.6) is 0 Å². The van der Waals surface area contributed by atoms with Crippen LogP contribution in [0.3, 0.4) is 0 Å². The minimum atomic E-state index is 0.154. The molecule has 0 aliphatic heterocycles. The predicted molar refractivity (Wildman–Crippen MR) is 76.0 cm³/mol. The van der Waals surface area contributed by atoms with Gasteiger partial charge in [0.2, 0.25) is 0 Å². The highest BCUT2D eigenvalue weighted by atomic mass is 15.1. The van der Waals surface area contributed by atoms with Gasteiger partial charge in [0.1, 0.15) is 0 Å². The molecule has 1 aliphatic carbocycles. The number of benzene rings is 1. The lowest BCUT2D eigenvalue weighted by molar-refractivity contribution is 0.680. The van der Waals surface area contributed by atoms with Gasteiger partial charge in [-0.25, -0.2) is 0 Å². The molecule has 1 atom stereocenters. The summed E-state index contributed by atoms with van der Waals surface area (Å²) < 4.78 is 0. The summed E-state index contributed by atoms with van der Waals surface area (Å²) in [5.41, 5.74) is 11.2. The van der Waals surface area contributed by atoms with Gasteiger partial charge in [0.25, 0.3) is 0 Å². The van der Waals surface area contributed by atoms with E-state index in [4.69, 9.17) is 5.73 Å². The molecule has 3 rings (SSSR count). The van der Waals surface area contributed by atoms with Crippen LogP contribution in [0.25, 0.3) is 0 Å². The van der Waals surface area contributed by atoms with E-state index >= 15 is 0 Å². The third-order valence-corrected chi connectivity index (χ3v) is 3.96. The molecule has 1 aromatic carbocycles. The van der Waals surface area contributed by atoms with Gasteiger partial charge in [-0.05, 0) is 54.5 Å². The van der Waals surface area contributed by atoms with E-state index in [1.165, 1.54) is 42.4 Å². The zero-order chi connectivity index (χ0) is 13.1. The number of aryl methyl sites for hydroxylation is 2. The molecule has 0 fully saturated rings. The maximum atomic E-state index is 5.95. The summed E-state index contributed by atoms with van der Waals surface area (Å²) in [6.07, 6.45) is 6.73. The Morgan fingerprint density at radius 1 is 1.11 bits per heavy atom. The second-order valence-electron chi connectivity index (χ2n) is 5.17. The first-order chi connectivity index (χ1) is 9.38. The van der Waals surface area contributed by atoms with Crippen molar-refractivity contribution in [1.29, 1.82) is 0 Å². The van der Waals surface area contributed by atoms with E-state index in [2.05, 4.69) is 28.4 Å². The summed E-state index contributed by atoms with van der Waals surface area (Å²) in [4.78, 5) is 0. The maximum absolute atomic E-state index is 5.95. The van der Waals surface area contributed by atoms with E-state index in [9.17, 15) is 0 Å². The first-order valence-electron chi connectivity index (χ1n) is 6.98. The van der Waals surface area contributed by atoms with Crippen molar-refractivity contribution in [1.82, 2.24) is 10.2 Å². The summed E-state index contributed by atoms with van der Waals surface area (Å²) in [5, 5.41) is 8.17. The van der Waals surface area contributed by atoms with Gasteiger partial charge in [-0.2, -0.15) is 10.2 Å². The maximum Gasteiger partial charge on any atom is 0.0718 e. The minimum Gasteiger partial charge on any atom is -0.329 e. The number of nitrogens with zero attached hydrogens (tertiary/aromatic N) is 2. The van der Waals surface area contributed by atoms with E-state index in [1.807, 2.05) is 12.1 Å². The molecular formula is C16H19N3. The van der Waals surface area contributed by atoms with Crippen molar-refractivity contribution < 1.29 is 0 Å². The highest BCUT2D eigenvalue weighted by Crippen LogP contribution is 2.27. The van der Waals surface area contributed by atoms with Crippen molar-refractivity contribution in [3.05, 3.63) is 58.9 Å². The molecule has 0 spiro atoms. The molecule has 3 heteroatoms. The van der Waals surface area contributed by atoms with E-state index in [1.54, 1.807) is 6.20 Å². The molecule has 0 amide bonds. The number of hydrogen-bond donors (Lipinski definition) is 1. The average Bonchev–Trinajstić information content (AvgIpc) is 2.49. The zero-order valence-corrected chi connectivity index (χ0v) is 11.0. The minimum absolute atomic E-state index is 0.154. The van der Waals surface area contributed by atoms with Gasteiger partial charge in [-0.1, -0.05) is 18.2 Å². The summed E-state index contributed by atoms with van der Waals surface area (Å²) >= 11 is 0. The van der Waals surface area contributed by atoms with Crippen molar-refractivity contribution in [3.8, 4) is 0 Å². The summed E-state index contributed by atoms with van der Waals surface area (Å²) in [5.74, 6) is 0.154. The number of nitrogens with two attached hydrogens (primary N) is 1. The van der Waals surface area contributed by atoms with E-state index in [0.29, 0.717) is 6.54 Å². The Morgan fingerprint density at radius 3 is 2.68 bits per heavy atom. The molecule has 1 unspecified atom stereocenters. The van der Waals surface area contributed by atoms with Gasteiger partial charge in [-0.15, -0.1) is 0 Å². The Bertz CT molecular complexity index is 551. The van der Waals surface area contributed by atoms with Gasteiger partial charge in [0.15, 0.2) is 0 Å². The zero-order valence-electron chi connectivity index (χ0n) is 11.0. The Morgan fingerprint density at radius 2 is 1.95 bits per heavy atom. The van der Waals surface area contributed by atoms with Gasteiger partial charge in [0, 0.05) is 18.7 Å². The highest BCUT2D eigenvalue weighted by Gasteiger charge is 2.17. The second-order valence-corrected chi connectivity index (χ2v) is 5.17. The van der Waals surface area contributed by atoms with Gasteiger partial charge < -0.3 is 5.73 Å². The molecule has 19 heavy (non-hydrogen) atoms. The lowest BCUT2D eigenvalue weighted by Gasteiger charge is -2.20. The fourth-order valence-corrected chi connectivity index (χ4v) is 2.90. The SMILES string of the molecule is NCC(c1ccc2c(c1)CCCC2)c1cccnn1. The van der Waals surface area contributed by atoms with Crippen molar-refractivity contribution in [2.75, 3.05) is 6.54 Å². The van der Waals surface area contributed by atoms with Crippen LogP contribution in [-0.2, 0) is 12.8 Å². The molecule has 0 saturated heterocycles. The number of fused-ring (bicyclic) bond motifs is 1. The third kappa shape index (κ3) is 2.51. The molecule has 1 aromatic heterocycles. The van der Waals surface area contributed by atoms with E-state index in [-0.39, 0.29) is 5.92 Å². The van der Waals surface area contributed by atoms with Crippen LogP contribution in [-0.4, -0.2) is 16.7 Å². The van der Waals surface area contributed by atoms with Crippen molar-refractivity contribution >= 4 is 0 Å². The van der Waals surface area contributed by atoms with Crippen LogP contribution in [0.2, 0.25) is 0 Å². The monoisotopic (exact) mass is 253 g/mol. The quantitative estimate of drug-likeness (QED) is 0.914. The summed E-state index contributed by atoms with van der Waals surface area (Å²) in [6, 6.07) is 10.7. The number of rotatable bonds is 3. The molecule has 0 saturated carbocycles. The van der Waals surface area contributed by atoms with Crippen LogP contribution in [0.4, 0.5) is 0 Å². The van der Waals surface area contributed by atoms with Gasteiger partial charge >= 0.3 is 0 Å². The molecule has 2 aromatic rings. The highest BCUT2D eigenvalue weighted by molar-refractivity contribution is 5.38. The molecule has 2 N–H and O–H groups in total. The van der Waals surface area contributed by atoms with Gasteiger partial charge in [0.05, 0.1) is 5.69 Å². The lowest BCUT2D eigenvalue weighted by atomic mass is 9.86. The van der Waals surface area contributed by atoms with Crippen LogP contribution in [0, 0.1) is 0 Å². The number of aromatic nitrogens is 2. The molecular weight excluding hydrogens is 234 g/mol. The van der Waals surface area contributed by atoms with Crippen molar-refractivity contribution in [3.63, 3.8) is 0 Å². The Labute approximate surface area is 113 Å². The van der Waals surface area contributed by atoms with E-state index < -0.39 is 0 Å². The normalized spacial score (nSPS) is 15.8. The molecule has 1 heterocycles.